The van der Waals surface area contributed by atoms with Crippen LogP contribution in [-0.2, 0) is 0 Å². The van der Waals surface area contributed by atoms with E-state index in [1.54, 1.807) is 72.8 Å². The third kappa shape index (κ3) is 10.3. The maximum Gasteiger partial charge on any atom is 0.166 e. The number of benzene rings is 12. The van der Waals surface area contributed by atoms with Gasteiger partial charge >= 0.3 is 0 Å². The first-order valence-corrected chi connectivity index (χ1v) is 30.2. The Morgan fingerprint density at radius 3 is 0.812 bits per heavy atom. The van der Waals surface area contributed by atoms with Crippen LogP contribution in [0.4, 0.5) is 0 Å². The molecule has 15 aromatic rings. The molecule has 12 aromatic carbocycles. The van der Waals surface area contributed by atoms with Crippen molar-refractivity contribution < 1.29 is 0 Å². The molecule has 0 unspecified atom stereocenters. The largest absolute Gasteiger partial charge is 0.309 e. The van der Waals surface area contributed by atoms with Gasteiger partial charge in [-0.05, 0) is 190 Å². The number of nitrogens with zero attached hydrogens (tertiary/aromatic N) is 13. The summed E-state index contributed by atoms with van der Waals surface area (Å²) in [6, 6.07) is 96.6. The van der Waals surface area contributed by atoms with Crippen molar-refractivity contribution in [2.75, 3.05) is 0 Å². The second-order valence-electron chi connectivity index (χ2n) is 23.0. The number of aromatic nitrogens is 5. The molecule has 3 heterocycles. The summed E-state index contributed by atoms with van der Waals surface area (Å²) in [6.07, 6.45) is 0. The smallest absolute Gasteiger partial charge is 0.166 e. The fourth-order valence-corrected chi connectivity index (χ4v) is 12.9. The van der Waals surface area contributed by atoms with Crippen molar-refractivity contribution >= 4 is 43.6 Å². The van der Waals surface area contributed by atoms with E-state index in [0.29, 0.717) is 89.8 Å². The quantitative estimate of drug-likeness (QED) is 0.125. The van der Waals surface area contributed by atoms with Crippen LogP contribution in [0.1, 0.15) is 44.5 Å². The van der Waals surface area contributed by atoms with Gasteiger partial charge in [0.25, 0.3) is 0 Å². The Labute approximate surface area is 549 Å². The molecule has 3 aromatic heterocycles. The van der Waals surface area contributed by atoms with Gasteiger partial charge in [0.2, 0.25) is 0 Å². The van der Waals surface area contributed by atoms with E-state index in [0.717, 1.165) is 99.5 Å². The van der Waals surface area contributed by atoms with Crippen LogP contribution in [0.15, 0.2) is 249 Å². The van der Waals surface area contributed by atoms with Crippen molar-refractivity contribution in [3.8, 4) is 150 Å². The average Bonchev–Trinajstić information content (AvgIpc) is 1.58. The lowest BCUT2D eigenvalue weighted by atomic mass is 9.97. The first-order valence-electron chi connectivity index (χ1n) is 30.2. The van der Waals surface area contributed by atoms with Crippen LogP contribution in [0.3, 0.4) is 0 Å². The van der Waals surface area contributed by atoms with Crippen LogP contribution >= 0.6 is 0 Å². The zero-order valence-electron chi connectivity index (χ0n) is 50.5. The van der Waals surface area contributed by atoms with Gasteiger partial charge in [-0.3, -0.25) is 0 Å². The van der Waals surface area contributed by atoms with Gasteiger partial charge < -0.3 is 9.13 Å². The van der Waals surface area contributed by atoms with E-state index in [-0.39, 0.29) is 0 Å². The predicted molar refractivity (Wildman–Crippen MR) is 370 cm³/mol. The summed E-state index contributed by atoms with van der Waals surface area (Å²) in [5, 5.41) is 84.0. The Hall–Kier alpha value is -14.8. The molecule has 0 bridgehead atoms. The molecule has 0 radical (unpaired) electrons. The molecule has 0 N–H and O–H groups in total. The molecule has 0 saturated heterocycles. The Morgan fingerprint density at radius 2 is 0.490 bits per heavy atom. The highest BCUT2D eigenvalue weighted by molar-refractivity contribution is 6.14. The maximum atomic E-state index is 10.1. The molecule has 0 saturated carbocycles. The maximum absolute atomic E-state index is 10.1. The summed E-state index contributed by atoms with van der Waals surface area (Å²) >= 11 is 0. The third-order valence-electron chi connectivity index (χ3n) is 17.3. The second kappa shape index (κ2) is 23.8. The van der Waals surface area contributed by atoms with E-state index in [2.05, 4.69) is 124 Å². The normalized spacial score (nSPS) is 10.8. The summed E-state index contributed by atoms with van der Waals surface area (Å²) in [4.78, 5) is 15.9. The molecular weight excluding hydrogens is 1180 g/mol. The zero-order chi connectivity index (χ0) is 65.6. The Balaban J connectivity index is 1.00. The van der Waals surface area contributed by atoms with Crippen molar-refractivity contribution in [2.24, 2.45) is 0 Å². The lowest BCUT2D eigenvalue weighted by Crippen LogP contribution is -2.04. The number of fused-ring (bicyclic) bond motifs is 6. The Kier molecular flexibility index (Phi) is 14.3. The molecule has 0 spiro atoms. The number of hydrogen-bond donors (Lipinski definition) is 0. The standard InChI is InChI=1S/C83H41N13/c84-42-50-25-51(43-85)30-65(29-50)60-15-20-76-70(37-60)71-38-61(66-31-52(44-86)26-53(32-66)45-87)16-21-77(71)95(76)75-14-8-7-13-69(75)64-19-24-80(74(41-64)83-93-81(58-9-3-1-4-10-58)92-82(94-83)59-11-5-2-6-12-59)96-78-22-17-62(67-33-54(46-88)27-55(34-67)47-89)39-72(78)73-40-63(18-23-79(73)96)68-35-56(48-90)28-57(36-68)49-91/h1-41H. The van der Waals surface area contributed by atoms with Crippen LogP contribution in [0.25, 0.3) is 145 Å². The van der Waals surface area contributed by atoms with Gasteiger partial charge in [-0.2, -0.15) is 42.1 Å². The van der Waals surface area contributed by atoms with Crippen LogP contribution < -0.4 is 0 Å². The molecule has 0 aliphatic heterocycles. The molecule has 96 heavy (non-hydrogen) atoms. The molecule has 0 aliphatic carbocycles. The number of nitriles is 8. The molecular formula is C83H41N13. The van der Waals surface area contributed by atoms with Crippen LogP contribution in [-0.4, -0.2) is 24.1 Å². The van der Waals surface area contributed by atoms with Crippen molar-refractivity contribution in [1.82, 2.24) is 24.1 Å². The molecule has 0 fully saturated rings. The summed E-state index contributed by atoms with van der Waals surface area (Å²) in [7, 11) is 0. The van der Waals surface area contributed by atoms with Crippen LogP contribution in [0, 0.1) is 90.6 Å². The molecule has 0 aliphatic rings. The number of rotatable bonds is 10. The minimum absolute atomic E-state index is 0.346. The van der Waals surface area contributed by atoms with E-state index in [4.69, 9.17) is 15.0 Å². The highest BCUT2D eigenvalue weighted by Crippen LogP contribution is 2.45. The summed E-state index contributed by atoms with van der Waals surface area (Å²) in [5.74, 6) is 1.29. The highest BCUT2D eigenvalue weighted by Gasteiger charge is 2.25. The van der Waals surface area contributed by atoms with Gasteiger partial charge in [-0.25, -0.2) is 15.0 Å². The first kappa shape index (κ1) is 57.6. The fraction of sp³-hybridized carbons (Fsp3) is 0. The van der Waals surface area contributed by atoms with Gasteiger partial charge in [0.05, 0.1) is 127 Å². The minimum atomic E-state index is 0.346. The second-order valence-corrected chi connectivity index (χ2v) is 23.0. The van der Waals surface area contributed by atoms with E-state index in [1.807, 2.05) is 109 Å². The third-order valence-corrected chi connectivity index (χ3v) is 17.3. The molecule has 15 rings (SSSR count). The van der Waals surface area contributed by atoms with Gasteiger partial charge in [-0.15, -0.1) is 0 Å². The molecule has 0 amide bonds. The van der Waals surface area contributed by atoms with Crippen LogP contribution in [0.5, 0.6) is 0 Å². The van der Waals surface area contributed by atoms with Crippen molar-refractivity contribution in [1.29, 1.82) is 42.1 Å². The summed E-state index contributed by atoms with van der Waals surface area (Å²) < 4.78 is 4.42. The fourth-order valence-electron chi connectivity index (χ4n) is 12.9. The Bertz CT molecular complexity index is 5740. The first-order chi connectivity index (χ1) is 47.1. The van der Waals surface area contributed by atoms with Gasteiger partial charge in [0.1, 0.15) is 0 Å². The van der Waals surface area contributed by atoms with E-state index < -0.39 is 0 Å². The van der Waals surface area contributed by atoms with Crippen LogP contribution in [0.2, 0.25) is 0 Å². The SMILES string of the molecule is N#Cc1cc(C#N)cc(-c2ccc3c(c2)c2cc(-c4cc(C#N)cc(C#N)c4)ccc2n3-c2ccccc2-c2ccc(-n3c4ccc(-c5cc(C#N)cc(C#N)c5)cc4c4cc(-c5cc(C#N)cc(C#N)c5)ccc43)c(-c3nc(-c4ccccc4)nc(-c4ccccc4)n3)c2)c1. The highest BCUT2D eigenvalue weighted by atomic mass is 15.1. The van der Waals surface area contributed by atoms with E-state index in [9.17, 15) is 42.1 Å². The summed E-state index contributed by atoms with van der Waals surface area (Å²) in [6.45, 7) is 0. The van der Waals surface area contributed by atoms with Crippen molar-refractivity contribution in [2.45, 2.75) is 0 Å². The summed E-state index contributed by atoms with van der Waals surface area (Å²) in [5.41, 5.74) is 17.4. The lowest BCUT2D eigenvalue weighted by molar-refractivity contribution is 1.06. The van der Waals surface area contributed by atoms with E-state index >= 15 is 0 Å². The van der Waals surface area contributed by atoms with Gasteiger partial charge in [-0.1, -0.05) is 109 Å². The molecule has 13 nitrogen and oxygen atoms in total. The van der Waals surface area contributed by atoms with Crippen molar-refractivity contribution in [3.05, 3.63) is 293 Å². The molecule has 13 heteroatoms. The van der Waals surface area contributed by atoms with Gasteiger partial charge in [0, 0.05) is 43.8 Å². The molecule has 0 atom stereocenters. The topological polar surface area (TPSA) is 239 Å². The zero-order valence-corrected chi connectivity index (χ0v) is 50.5. The van der Waals surface area contributed by atoms with Gasteiger partial charge in [0.15, 0.2) is 17.5 Å². The number of para-hydroxylation sites is 1. The average molecular weight is 1220 g/mol. The lowest BCUT2D eigenvalue weighted by Gasteiger charge is -2.18. The predicted octanol–water partition coefficient (Wildman–Crippen LogP) is 18.4. The van der Waals surface area contributed by atoms with Crippen molar-refractivity contribution in [3.63, 3.8) is 0 Å². The Morgan fingerprint density at radius 1 is 0.208 bits per heavy atom. The number of hydrogen-bond acceptors (Lipinski definition) is 11. The minimum Gasteiger partial charge on any atom is -0.309 e. The molecule has 438 valence electrons. The monoisotopic (exact) mass is 1220 g/mol. The van der Waals surface area contributed by atoms with E-state index in [1.165, 1.54) is 0 Å².